The van der Waals surface area contributed by atoms with Gasteiger partial charge in [-0.3, -0.25) is 0 Å². The first kappa shape index (κ1) is 17.9. The summed E-state index contributed by atoms with van der Waals surface area (Å²) >= 11 is 0. The Hall–Kier alpha value is -0.160. The zero-order valence-corrected chi connectivity index (χ0v) is 13.3. The van der Waals surface area contributed by atoms with Crippen molar-refractivity contribution in [1.82, 2.24) is 5.32 Å². The molecule has 0 bridgehead atoms. The van der Waals surface area contributed by atoms with Crippen LogP contribution in [0.15, 0.2) is 0 Å². The first-order valence-corrected chi connectivity index (χ1v) is 8.37. The van der Waals surface area contributed by atoms with E-state index in [0.717, 1.165) is 38.8 Å². The van der Waals surface area contributed by atoms with Crippen LogP contribution in [-0.2, 0) is 9.47 Å². The van der Waals surface area contributed by atoms with Gasteiger partial charge in [-0.2, -0.15) is 0 Å². The maximum Gasteiger partial charge on any atom is 0.101 e. The van der Waals surface area contributed by atoms with Crippen molar-refractivity contribution >= 4 is 0 Å². The highest BCUT2D eigenvalue weighted by Gasteiger charge is 2.21. The van der Waals surface area contributed by atoms with Crippen LogP contribution in [0, 0.1) is 0 Å². The summed E-state index contributed by atoms with van der Waals surface area (Å²) in [5.41, 5.74) is 0. The minimum Gasteiger partial charge on any atom is -0.388 e. The van der Waals surface area contributed by atoms with Gasteiger partial charge < -0.3 is 19.9 Å². The van der Waals surface area contributed by atoms with E-state index in [-0.39, 0.29) is 0 Å². The molecular formula is C16H33NO3. The van der Waals surface area contributed by atoms with E-state index >= 15 is 0 Å². The maximum atomic E-state index is 9.78. The fourth-order valence-corrected chi connectivity index (χ4v) is 2.54. The van der Waals surface area contributed by atoms with E-state index in [1.165, 1.54) is 19.3 Å². The summed E-state index contributed by atoms with van der Waals surface area (Å²) in [5, 5.41) is 13.4. The van der Waals surface area contributed by atoms with Crippen LogP contribution in [0.3, 0.4) is 0 Å². The molecule has 4 heteroatoms. The Morgan fingerprint density at radius 3 is 2.50 bits per heavy atom. The van der Waals surface area contributed by atoms with Crippen molar-refractivity contribution in [2.24, 2.45) is 0 Å². The molecule has 0 aromatic carbocycles. The smallest absolute Gasteiger partial charge is 0.101 e. The molecule has 120 valence electrons. The first-order valence-electron chi connectivity index (χ1n) is 8.37. The zero-order chi connectivity index (χ0) is 14.6. The van der Waals surface area contributed by atoms with Gasteiger partial charge in [-0.05, 0) is 45.1 Å². The van der Waals surface area contributed by atoms with Gasteiger partial charge >= 0.3 is 0 Å². The molecule has 1 fully saturated rings. The van der Waals surface area contributed by atoms with Crippen LogP contribution in [0.1, 0.15) is 58.8 Å². The van der Waals surface area contributed by atoms with Gasteiger partial charge in [0.1, 0.15) is 6.10 Å². The van der Waals surface area contributed by atoms with Crippen molar-refractivity contribution in [3.63, 3.8) is 0 Å². The Kier molecular flexibility index (Phi) is 10.3. The van der Waals surface area contributed by atoms with Crippen molar-refractivity contribution in [1.29, 1.82) is 0 Å². The summed E-state index contributed by atoms with van der Waals surface area (Å²) in [7, 11) is 0. The molecular weight excluding hydrogens is 254 g/mol. The molecule has 1 unspecified atom stereocenters. The molecule has 0 aromatic rings. The van der Waals surface area contributed by atoms with Crippen molar-refractivity contribution in [3.8, 4) is 0 Å². The molecule has 1 saturated carbocycles. The highest BCUT2D eigenvalue weighted by atomic mass is 16.5. The molecule has 0 amide bonds. The lowest BCUT2D eigenvalue weighted by atomic mass is 9.93. The molecule has 4 nitrogen and oxygen atoms in total. The van der Waals surface area contributed by atoms with Gasteiger partial charge in [0, 0.05) is 12.6 Å². The Balaban J connectivity index is 2.00. The fourth-order valence-electron chi connectivity index (χ4n) is 2.54. The second-order valence-electron chi connectivity index (χ2n) is 5.84. The quantitative estimate of drug-likeness (QED) is 0.573. The number of aliphatic hydroxyl groups excluding tert-OH is 1. The lowest BCUT2D eigenvalue weighted by Gasteiger charge is -2.29. The van der Waals surface area contributed by atoms with E-state index in [2.05, 4.69) is 19.2 Å². The van der Waals surface area contributed by atoms with Gasteiger partial charge in [0.05, 0.1) is 19.3 Å². The molecule has 1 atom stereocenters. The number of ether oxygens (including phenoxy) is 2. The van der Waals surface area contributed by atoms with E-state index in [1.807, 2.05) is 0 Å². The minimum absolute atomic E-state index is 0.319. The van der Waals surface area contributed by atoms with Crippen molar-refractivity contribution in [2.45, 2.75) is 77.0 Å². The van der Waals surface area contributed by atoms with Crippen molar-refractivity contribution < 1.29 is 14.6 Å². The molecule has 1 rings (SSSR count). The molecule has 1 aliphatic rings. The van der Waals surface area contributed by atoms with Crippen LogP contribution in [0.25, 0.3) is 0 Å². The van der Waals surface area contributed by atoms with Crippen LogP contribution >= 0.6 is 0 Å². The molecule has 0 aromatic heterocycles. The van der Waals surface area contributed by atoms with E-state index in [0.29, 0.717) is 25.4 Å². The lowest BCUT2D eigenvalue weighted by Crippen LogP contribution is -2.36. The minimum atomic E-state index is -0.484. The van der Waals surface area contributed by atoms with E-state index in [1.54, 1.807) is 0 Å². The molecule has 20 heavy (non-hydrogen) atoms. The number of unbranched alkanes of at least 4 members (excludes halogenated alkanes) is 1. The Morgan fingerprint density at radius 1 is 1.10 bits per heavy atom. The van der Waals surface area contributed by atoms with Crippen LogP contribution in [-0.4, -0.2) is 49.7 Å². The van der Waals surface area contributed by atoms with Crippen LogP contribution in [0.5, 0.6) is 0 Å². The standard InChI is InChI=1S/C16H33NO3/c1-3-5-11-19-12-15(18)13-20-16-8-6-14(7-9-16)17-10-4-2/h14-18H,3-13H2,1-2H3. The summed E-state index contributed by atoms with van der Waals surface area (Å²) in [4.78, 5) is 0. The summed E-state index contributed by atoms with van der Waals surface area (Å²) in [6.45, 7) is 6.99. The van der Waals surface area contributed by atoms with Crippen LogP contribution < -0.4 is 5.32 Å². The molecule has 0 radical (unpaired) electrons. The van der Waals surface area contributed by atoms with Gasteiger partial charge in [-0.1, -0.05) is 20.3 Å². The number of rotatable bonds is 11. The third kappa shape index (κ3) is 8.20. The molecule has 2 N–H and O–H groups in total. The Labute approximate surface area is 124 Å². The highest BCUT2D eigenvalue weighted by Crippen LogP contribution is 2.21. The normalized spacial score (nSPS) is 24.8. The average Bonchev–Trinajstić information content (AvgIpc) is 2.48. The second kappa shape index (κ2) is 11.5. The summed E-state index contributed by atoms with van der Waals surface area (Å²) in [6.07, 6.45) is 7.80. The lowest BCUT2D eigenvalue weighted by molar-refractivity contribution is -0.0549. The molecule has 1 aliphatic carbocycles. The second-order valence-corrected chi connectivity index (χ2v) is 5.84. The van der Waals surface area contributed by atoms with Gasteiger partial charge in [0.15, 0.2) is 0 Å². The van der Waals surface area contributed by atoms with Crippen LogP contribution in [0.4, 0.5) is 0 Å². The number of nitrogens with one attached hydrogen (secondary N) is 1. The average molecular weight is 287 g/mol. The Bertz CT molecular complexity index is 218. The predicted molar refractivity (Wildman–Crippen MR) is 82.0 cm³/mol. The monoisotopic (exact) mass is 287 g/mol. The largest absolute Gasteiger partial charge is 0.388 e. The van der Waals surface area contributed by atoms with E-state index in [4.69, 9.17) is 9.47 Å². The first-order chi connectivity index (χ1) is 9.76. The third-order valence-corrected chi connectivity index (χ3v) is 3.83. The molecule has 0 aliphatic heterocycles. The summed E-state index contributed by atoms with van der Waals surface area (Å²) < 4.78 is 11.2. The van der Waals surface area contributed by atoms with E-state index in [9.17, 15) is 5.11 Å². The van der Waals surface area contributed by atoms with Gasteiger partial charge in [-0.25, -0.2) is 0 Å². The maximum absolute atomic E-state index is 9.78. The summed E-state index contributed by atoms with van der Waals surface area (Å²) in [5.74, 6) is 0. The van der Waals surface area contributed by atoms with Crippen molar-refractivity contribution in [2.75, 3.05) is 26.4 Å². The fraction of sp³-hybridized carbons (Fsp3) is 1.00. The van der Waals surface area contributed by atoms with Gasteiger partial charge in [0.2, 0.25) is 0 Å². The Morgan fingerprint density at radius 2 is 1.85 bits per heavy atom. The highest BCUT2D eigenvalue weighted by molar-refractivity contribution is 4.77. The molecule has 0 saturated heterocycles. The molecule has 0 spiro atoms. The van der Waals surface area contributed by atoms with Crippen LogP contribution in [0.2, 0.25) is 0 Å². The van der Waals surface area contributed by atoms with Gasteiger partial charge in [-0.15, -0.1) is 0 Å². The van der Waals surface area contributed by atoms with Gasteiger partial charge in [0.25, 0.3) is 0 Å². The van der Waals surface area contributed by atoms with E-state index < -0.39 is 6.10 Å². The third-order valence-electron chi connectivity index (χ3n) is 3.83. The summed E-state index contributed by atoms with van der Waals surface area (Å²) in [6, 6.07) is 0.664. The SMILES string of the molecule is CCCCOCC(O)COC1CCC(NCCC)CC1. The zero-order valence-electron chi connectivity index (χ0n) is 13.3. The number of hydrogen-bond acceptors (Lipinski definition) is 4. The predicted octanol–water partition coefficient (Wildman–Crippen LogP) is 2.49. The topological polar surface area (TPSA) is 50.7 Å². The molecule has 0 heterocycles. The van der Waals surface area contributed by atoms with Crippen molar-refractivity contribution in [3.05, 3.63) is 0 Å². The number of hydrogen-bond donors (Lipinski definition) is 2. The number of aliphatic hydroxyl groups is 1.